The average molecular weight is 255 g/mol. The highest BCUT2D eigenvalue weighted by Crippen LogP contribution is 2.30. The number of ether oxygens (including phenoxy) is 1. The smallest absolute Gasteiger partial charge is 0.0616 e. The van der Waals surface area contributed by atoms with Crippen molar-refractivity contribution in [1.29, 1.82) is 0 Å². The first-order chi connectivity index (χ1) is 8.58. The first-order valence-corrected chi connectivity index (χ1v) is 7.93. The Morgan fingerprint density at radius 1 is 1.17 bits per heavy atom. The second-order valence-electron chi connectivity index (χ2n) is 6.40. The molecule has 0 saturated carbocycles. The van der Waals surface area contributed by atoms with Gasteiger partial charge in [0, 0.05) is 18.6 Å². The van der Waals surface area contributed by atoms with Gasteiger partial charge in [-0.25, -0.2) is 0 Å². The predicted octanol–water partition coefficient (Wildman–Crippen LogP) is 3.85. The van der Waals surface area contributed by atoms with Gasteiger partial charge in [-0.15, -0.1) is 0 Å². The lowest BCUT2D eigenvalue weighted by molar-refractivity contribution is 0.0743. The molecule has 0 aromatic heterocycles. The fourth-order valence-corrected chi connectivity index (χ4v) is 3.55. The number of nitrogens with one attached hydrogen (secondary N) is 1. The molecule has 4 atom stereocenters. The van der Waals surface area contributed by atoms with Gasteiger partial charge in [0.2, 0.25) is 0 Å². The topological polar surface area (TPSA) is 21.3 Å². The number of rotatable bonds is 8. The van der Waals surface area contributed by atoms with Crippen molar-refractivity contribution in [2.75, 3.05) is 13.2 Å². The summed E-state index contributed by atoms with van der Waals surface area (Å²) in [6.07, 6.45) is 5.53. The largest absolute Gasteiger partial charge is 0.378 e. The van der Waals surface area contributed by atoms with E-state index in [1.807, 2.05) is 0 Å². The normalized spacial score (nSPS) is 27.7. The molecule has 2 nitrogen and oxygen atoms in total. The number of hydrogen-bond donors (Lipinski definition) is 1. The predicted molar refractivity (Wildman–Crippen MR) is 78.8 cm³/mol. The minimum atomic E-state index is 0.486. The van der Waals surface area contributed by atoms with Crippen molar-refractivity contribution >= 4 is 0 Å². The molecule has 1 aliphatic heterocycles. The molecule has 0 bridgehead atoms. The molecule has 1 saturated heterocycles. The molecule has 1 heterocycles. The Hall–Kier alpha value is -0.0800. The molecule has 0 aromatic rings. The van der Waals surface area contributed by atoms with E-state index in [1.54, 1.807) is 0 Å². The fourth-order valence-electron chi connectivity index (χ4n) is 3.55. The Bertz CT molecular complexity index is 217. The molecule has 1 rings (SSSR count). The summed E-state index contributed by atoms with van der Waals surface area (Å²) >= 11 is 0. The molecule has 4 unspecified atom stereocenters. The van der Waals surface area contributed by atoms with Crippen LogP contribution in [0.25, 0.3) is 0 Å². The van der Waals surface area contributed by atoms with Gasteiger partial charge < -0.3 is 10.1 Å². The van der Waals surface area contributed by atoms with Crippen LogP contribution in [0.4, 0.5) is 0 Å². The molecule has 18 heavy (non-hydrogen) atoms. The van der Waals surface area contributed by atoms with E-state index < -0.39 is 0 Å². The van der Waals surface area contributed by atoms with E-state index >= 15 is 0 Å². The minimum Gasteiger partial charge on any atom is -0.378 e. The maximum atomic E-state index is 5.86. The summed E-state index contributed by atoms with van der Waals surface area (Å²) in [5, 5.41) is 3.71. The highest BCUT2D eigenvalue weighted by molar-refractivity contribution is 4.86. The molecule has 0 aliphatic carbocycles. The third-order valence-electron chi connectivity index (χ3n) is 4.18. The Balaban J connectivity index is 2.52. The molecule has 1 fully saturated rings. The summed E-state index contributed by atoms with van der Waals surface area (Å²) in [4.78, 5) is 0. The molecule has 1 N–H and O–H groups in total. The van der Waals surface area contributed by atoms with Crippen LogP contribution in [0.15, 0.2) is 0 Å². The number of hydrogen-bond acceptors (Lipinski definition) is 2. The van der Waals surface area contributed by atoms with Crippen molar-refractivity contribution in [1.82, 2.24) is 5.32 Å². The van der Waals surface area contributed by atoms with Gasteiger partial charge in [0.15, 0.2) is 0 Å². The van der Waals surface area contributed by atoms with Crippen molar-refractivity contribution in [2.45, 2.75) is 72.4 Å². The van der Waals surface area contributed by atoms with Crippen molar-refractivity contribution in [3.05, 3.63) is 0 Å². The zero-order valence-electron chi connectivity index (χ0n) is 13.0. The third-order valence-corrected chi connectivity index (χ3v) is 4.18. The van der Waals surface area contributed by atoms with Gasteiger partial charge in [-0.1, -0.05) is 34.6 Å². The van der Waals surface area contributed by atoms with Gasteiger partial charge >= 0.3 is 0 Å². The van der Waals surface area contributed by atoms with Crippen molar-refractivity contribution < 1.29 is 4.74 Å². The van der Waals surface area contributed by atoms with Crippen molar-refractivity contribution in [3.8, 4) is 0 Å². The zero-order valence-corrected chi connectivity index (χ0v) is 13.0. The molecular weight excluding hydrogens is 222 g/mol. The van der Waals surface area contributed by atoms with E-state index in [-0.39, 0.29) is 0 Å². The second kappa shape index (κ2) is 8.16. The molecule has 1 aliphatic rings. The Morgan fingerprint density at radius 2 is 1.89 bits per heavy atom. The van der Waals surface area contributed by atoms with Crippen LogP contribution >= 0.6 is 0 Å². The molecule has 2 heteroatoms. The van der Waals surface area contributed by atoms with E-state index in [9.17, 15) is 0 Å². The highest BCUT2D eigenvalue weighted by atomic mass is 16.5. The van der Waals surface area contributed by atoms with E-state index in [1.165, 1.54) is 19.3 Å². The van der Waals surface area contributed by atoms with Crippen LogP contribution in [0.1, 0.15) is 60.3 Å². The van der Waals surface area contributed by atoms with Gasteiger partial charge in [-0.2, -0.15) is 0 Å². The van der Waals surface area contributed by atoms with Crippen molar-refractivity contribution in [3.63, 3.8) is 0 Å². The summed E-state index contributed by atoms with van der Waals surface area (Å²) in [5.74, 6) is 2.35. The van der Waals surface area contributed by atoms with Crippen LogP contribution in [0.3, 0.4) is 0 Å². The monoisotopic (exact) mass is 255 g/mol. The highest BCUT2D eigenvalue weighted by Gasteiger charge is 2.33. The van der Waals surface area contributed by atoms with Crippen LogP contribution in [-0.4, -0.2) is 25.3 Å². The zero-order chi connectivity index (χ0) is 13.5. The Morgan fingerprint density at radius 3 is 2.44 bits per heavy atom. The summed E-state index contributed by atoms with van der Waals surface area (Å²) in [6, 6.07) is 0.649. The maximum absolute atomic E-state index is 5.86. The standard InChI is InChI=1S/C16H33NO/c1-6-16-14(8-9-18-16)15(17-7-2)11-13(5)10-12(3)4/h12-17H,6-11H2,1-5H3. The lowest BCUT2D eigenvalue weighted by Gasteiger charge is -2.30. The van der Waals surface area contributed by atoms with Crippen molar-refractivity contribution in [2.24, 2.45) is 17.8 Å². The fraction of sp³-hybridized carbons (Fsp3) is 1.00. The van der Waals surface area contributed by atoms with Crippen LogP contribution in [0, 0.1) is 17.8 Å². The summed E-state index contributed by atoms with van der Waals surface area (Å²) in [7, 11) is 0. The second-order valence-corrected chi connectivity index (χ2v) is 6.40. The quantitative estimate of drug-likeness (QED) is 0.711. The average Bonchev–Trinajstić information content (AvgIpc) is 2.75. The van der Waals surface area contributed by atoms with Crippen LogP contribution in [-0.2, 0) is 4.74 Å². The maximum Gasteiger partial charge on any atom is 0.0616 e. The third kappa shape index (κ3) is 4.89. The molecule has 108 valence electrons. The van der Waals surface area contributed by atoms with Gasteiger partial charge in [-0.3, -0.25) is 0 Å². The van der Waals surface area contributed by atoms with Gasteiger partial charge in [0.05, 0.1) is 6.10 Å². The molecule has 0 amide bonds. The van der Waals surface area contributed by atoms with Crippen LogP contribution < -0.4 is 5.32 Å². The molecular formula is C16H33NO. The SMILES string of the molecule is CCNC(CC(C)CC(C)C)C1CCOC1CC. The summed E-state index contributed by atoms with van der Waals surface area (Å²) in [5.41, 5.74) is 0. The van der Waals surface area contributed by atoms with Gasteiger partial charge in [-0.05, 0) is 44.1 Å². The molecule has 0 radical (unpaired) electrons. The van der Waals surface area contributed by atoms with E-state index in [0.29, 0.717) is 12.1 Å². The van der Waals surface area contributed by atoms with Crippen LogP contribution in [0.2, 0.25) is 0 Å². The van der Waals surface area contributed by atoms with E-state index in [2.05, 4.69) is 39.9 Å². The lowest BCUT2D eigenvalue weighted by Crippen LogP contribution is -2.41. The van der Waals surface area contributed by atoms with E-state index in [4.69, 9.17) is 4.74 Å². The molecule has 0 spiro atoms. The molecule has 0 aromatic carbocycles. The summed E-state index contributed by atoms with van der Waals surface area (Å²) < 4.78 is 5.86. The summed E-state index contributed by atoms with van der Waals surface area (Å²) in [6.45, 7) is 13.6. The Labute approximate surface area is 114 Å². The Kier molecular flexibility index (Phi) is 7.25. The lowest BCUT2D eigenvalue weighted by atomic mass is 9.83. The van der Waals surface area contributed by atoms with E-state index in [0.717, 1.165) is 37.3 Å². The van der Waals surface area contributed by atoms with Gasteiger partial charge in [0.25, 0.3) is 0 Å². The first-order valence-electron chi connectivity index (χ1n) is 7.93. The van der Waals surface area contributed by atoms with Crippen LogP contribution in [0.5, 0.6) is 0 Å². The minimum absolute atomic E-state index is 0.486. The first kappa shape index (κ1) is 16.0. The van der Waals surface area contributed by atoms with Gasteiger partial charge in [0.1, 0.15) is 0 Å².